The summed E-state index contributed by atoms with van der Waals surface area (Å²) in [5, 5.41) is 5.07. The van der Waals surface area contributed by atoms with Gasteiger partial charge in [0.2, 0.25) is 5.95 Å². The molecule has 2 heterocycles. The Morgan fingerprint density at radius 2 is 1.83 bits per heavy atom. The summed E-state index contributed by atoms with van der Waals surface area (Å²) in [7, 11) is 0. The monoisotopic (exact) mass is 403 g/mol. The van der Waals surface area contributed by atoms with E-state index in [4.69, 9.17) is 22.3 Å². The van der Waals surface area contributed by atoms with Crippen molar-refractivity contribution in [2.45, 2.75) is 31.3 Å². The van der Waals surface area contributed by atoms with Crippen molar-refractivity contribution in [2.24, 2.45) is 5.73 Å². The summed E-state index contributed by atoms with van der Waals surface area (Å²) in [5.74, 6) is 0.597. The first-order valence-corrected chi connectivity index (χ1v) is 10.3. The van der Waals surface area contributed by atoms with Gasteiger partial charge in [-0.05, 0) is 37.5 Å². The minimum absolute atomic E-state index is 0.253. The van der Waals surface area contributed by atoms with Crippen LogP contribution in [-0.2, 0) is 0 Å². The topological polar surface area (TPSA) is 68.8 Å². The molecule has 3 N–H and O–H groups in total. The Kier molecular flexibility index (Phi) is 4.70. The third-order valence-corrected chi connectivity index (χ3v) is 5.83. The predicted octanol–water partition coefficient (Wildman–Crippen LogP) is 5.03. The largest absolute Gasteiger partial charge is 0.351 e. The minimum Gasteiger partial charge on any atom is -0.351 e. The summed E-state index contributed by atoms with van der Waals surface area (Å²) in [5.41, 5.74) is 9.97. The number of hydrogen-bond acceptors (Lipinski definition) is 4. The van der Waals surface area contributed by atoms with E-state index in [9.17, 15) is 0 Å². The van der Waals surface area contributed by atoms with Crippen LogP contribution in [0.3, 0.4) is 0 Å². The number of halogens is 1. The lowest BCUT2D eigenvalue weighted by Crippen LogP contribution is -2.21. The highest BCUT2D eigenvalue weighted by Gasteiger charge is 2.23. The highest BCUT2D eigenvalue weighted by Crippen LogP contribution is 2.35. The maximum Gasteiger partial charge on any atom is 0.223 e. The van der Waals surface area contributed by atoms with Crippen LogP contribution in [0, 0.1) is 0 Å². The lowest BCUT2D eigenvalue weighted by atomic mass is 10.1. The minimum atomic E-state index is 0.253. The second-order valence-electron chi connectivity index (χ2n) is 7.57. The number of nitrogens with zero attached hydrogens (tertiary/aromatic N) is 3. The van der Waals surface area contributed by atoms with Crippen LogP contribution < -0.4 is 11.1 Å². The van der Waals surface area contributed by atoms with E-state index in [1.54, 1.807) is 6.20 Å². The molecule has 29 heavy (non-hydrogen) atoms. The molecule has 1 aliphatic carbocycles. The van der Waals surface area contributed by atoms with E-state index in [0.29, 0.717) is 17.0 Å². The van der Waals surface area contributed by atoms with Crippen LogP contribution in [0.4, 0.5) is 5.95 Å². The molecular formula is C23H22ClN5. The Hall–Kier alpha value is -2.89. The van der Waals surface area contributed by atoms with Crippen LogP contribution in [0.5, 0.6) is 0 Å². The first-order valence-electron chi connectivity index (χ1n) is 9.89. The van der Waals surface area contributed by atoms with Gasteiger partial charge in [0, 0.05) is 34.9 Å². The molecule has 1 unspecified atom stereocenters. The van der Waals surface area contributed by atoms with Gasteiger partial charge in [-0.3, -0.25) is 0 Å². The van der Waals surface area contributed by atoms with Crippen LogP contribution in [0.25, 0.3) is 27.8 Å². The zero-order valence-corrected chi connectivity index (χ0v) is 16.7. The van der Waals surface area contributed by atoms with Crippen LogP contribution in [-0.4, -0.2) is 26.6 Å². The Morgan fingerprint density at radius 3 is 2.62 bits per heavy atom. The van der Waals surface area contributed by atoms with Crippen LogP contribution in [0.2, 0.25) is 5.02 Å². The average Bonchev–Trinajstić information content (AvgIpc) is 3.33. The van der Waals surface area contributed by atoms with E-state index in [-0.39, 0.29) is 6.04 Å². The highest BCUT2D eigenvalue weighted by molar-refractivity contribution is 6.33. The van der Waals surface area contributed by atoms with Crippen LogP contribution in [0.15, 0.2) is 67.0 Å². The zero-order chi connectivity index (χ0) is 19.8. The number of rotatable bonds is 4. The Morgan fingerprint density at radius 1 is 1.03 bits per heavy atom. The van der Waals surface area contributed by atoms with Crippen molar-refractivity contribution in [3.63, 3.8) is 0 Å². The first-order chi connectivity index (χ1) is 14.2. The van der Waals surface area contributed by atoms with Gasteiger partial charge < -0.3 is 15.6 Å². The predicted molar refractivity (Wildman–Crippen MR) is 119 cm³/mol. The summed E-state index contributed by atoms with van der Waals surface area (Å²) in [6.07, 6.45) is 6.78. The maximum atomic E-state index is 6.54. The molecule has 0 saturated heterocycles. The molecule has 6 heteroatoms. The molecule has 4 aromatic rings. The fourth-order valence-electron chi connectivity index (χ4n) is 4.13. The molecule has 5 rings (SSSR count). The van der Waals surface area contributed by atoms with E-state index in [2.05, 4.69) is 45.3 Å². The normalized spacial score (nSPS) is 19.0. The molecule has 5 nitrogen and oxygen atoms in total. The number of hydrogen-bond donors (Lipinski definition) is 2. The molecule has 0 radical (unpaired) electrons. The summed E-state index contributed by atoms with van der Waals surface area (Å²) < 4.78 is 2.17. The summed E-state index contributed by atoms with van der Waals surface area (Å²) in [6, 6.07) is 19.1. The van der Waals surface area contributed by atoms with Gasteiger partial charge in [-0.1, -0.05) is 48.0 Å². The third-order valence-electron chi connectivity index (χ3n) is 5.55. The Balaban J connectivity index is 1.60. The van der Waals surface area contributed by atoms with Crippen molar-refractivity contribution in [3.8, 4) is 16.9 Å². The van der Waals surface area contributed by atoms with Crippen molar-refractivity contribution in [1.82, 2.24) is 14.5 Å². The molecule has 1 aliphatic rings. The van der Waals surface area contributed by atoms with Gasteiger partial charge in [-0.25, -0.2) is 9.97 Å². The van der Waals surface area contributed by atoms with E-state index in [0.717, 1.165) is 47.1 Å². The van der Waals surface area contributed by atoms with Crippen LogP contribution >= 0.6 is 11.6 Å². The first kappa shape index (κ1) is 18.2. The molecule has 2 atom stereocenters. The molecule has 2 aromatic heterocycles. The lowest BCUT2D eigenvalue weighted by molar-refractivity contribution is 0.685. The van der Waals surface area contributed by atoms with E-state index < -0.39 is 0 Å². The Bertz CT molecular complexity index is 1150. The molecule has 0 amide bonds. The zero-order valence-electron chi connectivity index (χ0n) is 15.9. The number of nitrogens with one attached hydrogen (secondary N) is 1. The molecule has 0 bridgehead atoms. The third kappa shape index (κ3) is 3.48. The lowest BCUT2D eigenvalue weighted by Gasteiger charge is -2.13. The summed E-state index contributed by atoms with van der Waals surface area (Å²) >= 11 is 6.54. The van der Waals surface area contributed by atoms with Gasteiger partial charge in [0.25, 0.3) is 0 Å². The number of aromatic nitrogens is 3. The van der Waals surface area contributed by atoms with Crippen molar-refractivity contribution >= 4 is 28.5 Å². The van der Waals surface area contributed by atoms with E-state index in [1.165, 1.54) is 0 Å². The van der Waals surface area contributed by atoms with Gasteiger partial charge in [0.15, 0.2) is 0 Å². The molecule has 1 fully saturated rings. The smallest absolute Gasteiger partial charge is 0.223 e. The number of anilines is 1. The molecule has 146 valence electrons. The quantitative estimate of drug-likeness (QED) is 0.501. The van der Waals surface area contributed by atoms with Crippen molar-refractivity contribution in [2.75, 3.05) is 5.32 Å². The van der Waals surface area contributed by atoms with Crippen LogP contribution in [0.1, 0.15) is 19.3 Å². The van der Waals surface area contributed by atoms with Gasteiger partial charge >= 0.3 is 0 Å². The maximum absolute atomic E-state index is 6.54. The van der Waals surface area contributed by atoms with Gasteiger partial charge in [0.1, 0.15) is 0 Å². The van der Waals surface area contributed by atoms with Crippen molar-refractivity contribution < 1.29 is 0 Å². The molecule has 1 saturated carbocycles. The standard InChI is InChI=1S/C23H22ClN5/c24-20-13-26-23(27-16-11-10-15(25)12-16)28-22(20)19-14-29(17-6-2-1-3-7-17)21-9-5-4-8-18(19)21/h1-9,13-16H,10-12,25H2,(H,26,27,28)/t15-,16?/m1/s1. The van der Waals surface area contributed by atoms with Gasteiger partial charge in [-0.15, -0.1) is 0 Å². The molecular weight excluding hydrogens is 382 g/mol. The number of fused-ring (bicyclic) bond motifs is 1. The fourth-order valence-corrected chi connectivity index (χ4v) is 4.32. The molecule has 0 aliphatic heterocycles. The summed E-state index contributed by atoms with van der Waals surface area (Å²) in [4.78, 5) is 9.18. The number of benzene rings is 2. The number of nitrogens with two attached hydrogens (primary N) is 1. The summed E-state index contributed by atoms with van der Waals surface area (Å²) in [6.45, 7) is 0. The SMILES string of the molecule is N[C@@H]1CCC(Nc2ncc(Cl)c(-c3cn(-c4ccccc4)c4ccccc34)n2)C1. The van der Waals surface area contributed by atoms with Gasteiger partial charge in [0.05, 0.1) is 22.4 Å². The number of para-hydroxylation sites is 2. The second kappa shape index (κ2) is 7.50. The Labute approximate surface area is 174 Å². The van der Waals surface area contributed by atoms with Crippen molar-refractivity contribution in [3.05, 3.63) is 72.0 Å². The fraction of sp³-hybridized carbons (Fsp3) is 0.217. The highest BCUT2D eigenvalue weighted by atomic mass is 35.5. The van der Waals surface area contributed by atoms with E-state index >= 15 is 0 Å². The van der Waals surface area contributed by atoms with Crippen molar-refractivity contribution in [1.29, 1.82) is 0 Å². The average molecular weight is 404 g/mol. The van der Waals surface area contributed by atoms with E-state index in [1.807, 2.05) is 30.3 Å². The molecule has 0 spiro atoms. The van der Waals surface area contributed by atoms with Gasteiger partial charge in [-0.2, -0.15) is 0 Å². The second-order valence-corrected chi connectivity index (χ2v) is 7.98. The molecule has 2 aromatic carbocycles.